The molecule has 1 atom stereocenters. The highest BCUT2D eigenvalue weighted by molar-refractivity contribution is 7.13. The summed E-state index contributed by atoms with van der Waals surface area (Å²) in [4.78, 5) is 28.4. The number of benzene rings is 2. The van der Waals surface area contributed by atoms with Crippen molar-refractivity contribution in [1.82, 2.24) is 4.98 Å². The maximum Gasteiger partial charge on any atom is 0.311 e. The molecule has 2 aromatic carbocycles. The lowest BCUT2D eigenvalue weighted by Gasteiger charge is -2.11. The quantitative estimate of drug-likeness (QED) is 0.693. The summed E-state index contributed by atoms with van der Waals surface area (Å²) in [5.41, 5.74) is 2.34. The number of hydrogen-bond acceptors (Lipinski definition) is 4. The van der Waals surface area contributed by atoms with Crippen molar-refractivity contribution in [3.8, 4) is 10.6 Å². The lowest BCUT2D eigenvalue weighted by molar-refractivity contribution is -0.140. The molecule has 0 aliphatic rings. The van der Waals surface area contributed by atoms with Gasteiger partial charge in [-0.25, -0.2) is 4.98 Å². The van der Waals surface area contributed by atoms with Crippen LogP contribution in [0, 0.1) is 0 Å². The Morgan fingerprint density at radius 2 is 1.64 bits per heavy atom. The molecule has 4 nitrogen and oxygen atoms in total. The normalized spacial score (nSPS) is 11.8. The van der Waals surface area contributed by atoms with Crippen molar-refractivity contribution in [1.29, 1.82) is 0 Å². The van der Waals surface area contributed by atoms with Gasteiger partial charge in [0.1, 0.15) is 10.8 Å². The minimum atomic E-state index is -0.984. The number of nitrogens with zero attached hydrogens (tertiary/aromatic N) is 1. The fraction of sp³-hybridized carbons (Fsp3) is 0.150. The van der Waals surface area contributed by atoms with Crippen molar-refractivity contribution >= 4 is 23.1 Å². The Kier molecular flexibility index (Phi) is 5.36. The summed E-state index contributed by atoms with van der Waals surface area (Å²) in [6.07, 6.45) is 0.123. The highest BCUT2D eigenvalue weighted by Gasteiger charge is 2.23. The van der Waals surface area contributed by atoms with E-state index < -0.39 is 11.9 Å². The van der Waals surface area contributed by atoms with Crippen molar-refractivity contribution in [2.45, 2.75) is 18.8 Å². The largest absolute Gasteiger partial charge is 0.481 e. The summed E-state index contributed by atoms with van der Waals surface area (Å²) in [7, 11) is 0. The van der Waals surface area contributed by atoms with Gasteiger partial charge in [0.25, 0.3) is 0 Å². The van der Waals surface area contributed by atoms with Crippen molar-refractivity contribution < 1.29 is 14.7 Å². The third-order valence-corrected chi connectivity index (χ3v) is 4.82. The minimum absolute atomic E-state index is 0.0302. The molecule has 0 saturated carbocycles. The SMILES string of the molecule is O=C(Cc1csc(-c2ccccc2)n1)C[C@H](C(=O)O)c1ccccc1. The highest BCUT2D eigenvalue weighted by atomic mass is 32.1. The van der Waals surface area contributed by atoms with Gasteiger partial charge in [0.05, 0.1) is 11.6 Å². The molecule has 1 N–H and O–H groups in total. The highest BCUT2D eigenvalue weighted by Crippen LogP contribution is 2.25. The van der Waals surface area contributed by atoms with Crippen LogP contribution in [-0.4, -0.2) is 21.8 Å². The van der Waals surface area contributed by atoms with Gasteiger partial charge in [0, 0.05) is 23.8 Å². The molecule has 0 amide bonds. The molecule has 1 aromatic heterocycles. The van der Waals surface area contributed by atoms with Gasteiger partial charge in [-0.15, -0.1) is 11.3 Å². The van der Waals surface area contributed by atoms with Crippen LogP contribution in [0.5, 0.6) is 0 Å². The molecule has 3 rings (SSSR count). The van der Waals surface area contributed by atoms with Crippen LogP contribution in [0.2, 0.25) is 0 Å². The average molecular weight is 351 g/mol. The fourth-order valence-corrected chi connectivity index (χ4v) is 3.46. The van der Waals surface area contributed by atoms with E-state index in [-0.39, 0.29) is 18.6 Å². The first-order chi connectivity index (χ1) is 12.1. The zero-order chi connectivity index (χ0) is 17.6. The van der Waals surface area contributed by atoms with Crippen LogP contribution < -0.4 is 0 Å². The van der Waals surface area contributed by atoms with Crippen LogP contribution in [0.15, 0.2) is 66.0 Å². The molecule has 0 aliphatic carbocycles. The van der Waals surface area contributed by atoms with E-state index in [1.165, 1.54) is 11.3 Å². The Hall–Kier alpha value is -2.79. The van der Waals surface area contributed by atoms with Gasteiger partial charge in [0.15, 0.2) is 0 Å². The topological polar surface area (TPSA) is 67.3 Å². The number of rotatable bonds is 7. The van der Waals surface area contributed by atoms with E-state index in [9.17, 15) is 14.7 Å². The first-order valence-electron chi connectivity index (χ1n) is 7.93. The van der Waals surface area contributed by atoms with Crippen LogP contribution in [0.1, 0.15) is 23.6 Å². The van der Waals surface area contributed by atoms with E-state index >= 15 is 0 Å². The molecular formula is C20H17NO3S. The van der Waals surface area contributed by atoms with E-state index in [4.69, 9.17) is 0 Å². The van der Waals surface area contributed by atoms with Gasteiger partial charge in [0.2, 0.25) is 0 Å². The van der Waals surface area contributed by atoms with E-state index in [0.29, 0.717) is 11.3 Å². The Balaban J connectivity index is 1.68. The van der Waals surface area contributed by atoms with Crippen LogP contribution in [-0.2, 0) is 16.0 Å². The number of carbonyl (C=O) groups excluding carboxylic acids is 1. The molecule has 126 valence electrons. The molecule has 0 fully saturated rings. The molecule has 25 heavy (non-hydrogen) atoms. The first-order valence-corrected chi connectivity index (χ1v) is 8.80. The molecule has 5 heteroatoms. The molecule has 0 radical (unpaired) electrons. The van der Waals surface area contributed by atoms with Crippen molar-refractivity contribution in [2.24, 2.45) is 0 Å². The van der Waals surface area contributed by atoms with Crippen molar-refractivity contribution in [3.05, 3.63) is 77.3 Å². The Morgan fingerprint density at radius 3 is 2.28 bits per heavy atom. The molecule has 0 bridgehead atoms. The summed E-state index contributed by atoms with van der Waals surface area (Å²) in [6, 6.07) is 18.6. The van der Waals surface area contributed by atoms with E-state index in [1.807, 2.05) is 41.8 Å². The smallest absolute Gasteiger partial charge is 0.311 e. The second-order valence-electron chi connectivity index (χ2n) is 5.73. The maximum absolute atomic E-state index is 12.3. The third-order valence-electron chi connectivity index (χ3n) is 3.88. The average Bonchev–Trinajstić information content (AvgIpc) is 3.09. The number of Topliss-reactive ketones (excluding diaryl/α,β-unsaturated/α-hetero) is 1. The molecular weight excluding hydrogens is 334 g/mol. The van der Waals surface area contributed by atoms with Crippen molar-refractivity contribution in [3.63, 3.8) is 0 Å². The lowest BCUT2D eigenvalue weighted by atomic mass is 9.93. The minimum Gasteiger partial charge on any atom is -0.481 e. The molecule has 0 saturated heterocycles. The third kappa shape index (κ3) is 4.39. The van der Waals surface area contributed by atoms with Crippen LogP contribution in [0.25, 0.3) is 10.6 Å². The molecule has 3 aromatic rings. The monoisotopic (exact) mass is 351 g/mol. The van der Waals surface area contributed by atoms with Crippen molar-refractivity contribution in [2.75, 3.05) is 0 Å². The second kappa shape index (κ2) is 7.85. The molecule has 1 heterocycles. The second-order valence-corrected chi connectivity index (χ2v) is 6.59. The number of ketones is 1. The maximum atomic E-state index is 12.3. The summed E-state index contributed by atoms with van der Waals surface area (Å²) < 4.78 is 0. The van der Waals surface area contributed by atoms with Gasteiger partial charge < -0.3 is 5.11 Å². The van der Waals surface area contributed by atoms with Crippen LogP contribution in [0.3, 0.4) is 0 Å². The summed E-state index contributed by atoms with van der Waals surface area (Å²) in [5, 5.41) is 12.2. The number of aromatic nitrogens is 1. The fourth-order valence-electron chi connectivity index (χ4n) is 2.64. The molecule has 0 spiro atoms. The number of carbonyl (C=O) groups is 2. The van der Waals surface area contributed by atoms with E-state index in [0.717, 1.165) is 10.6 Å². The number of aliphatic carboxylic acids is 1. The zero-order valence-corrected chi connectivity index (χ0v) is 14.3. The van der Waals surface area contributed by atoms with Gasteiger partial charge in [-0.1, -0.05) is 60.7 Å². The zero-order valence-electron chi connectivity index (χ0n) is 13.5. The number of hydrogen-bond donors (Lipinski definition) is 1. The van der Waals surface area contributed by atoms with Crippen LogP contribution >= 0.6 is 11.3 Å². The summed E-state index contributed by atoms with van der Waals surface area (Å²) in [6.45, 7) is 0. The van der Waals surface area contributed by atoms with Gasteiger partial charge in [-0.3, -0.25) is 9.59 Å². The predicted octanol–water partition coefficient (Wildman–Crippen LogP) is 4.18. The number of carboxylic acids is 1. The van der Waals surface area contributed by atoms with E-state index in [1.54, 1.807) is 24.3 Å². The molecule has 0 aliphatic heterocycles. The molecule has 0 unspecified atom stereocenters. The number of thiazole rings is 1. The van der Waals surface area contributed by atoms with Gasteiger partial charge >= 0.3 is 5.97 Å². The number of carboxylic acid groups (broad SMARTS) is 1. The summed E-state index contributed by atoms with van der Waals surface area (Å²) in [5.74, 6) is -1.93. The Bertz CT molecular complexity index is 859. The van der Waals surface area contributed by atoms with Gasteiger partial charge in [-0.05, 0) is 5.56 Å². The lowest BCUT2D eigenvalue weighted by Crippen LogP contribution is -2.17. The Labute approximate surface area is 149 Å². The van der Waals surface area contributed by atoms with Crippen LogP contribution in [0.4, 0.5) is 0 Å². The predicted molar refractivity (Wildman–Crippen MR) is 97.7 cm³/mol. The van der Waals surface area contributed by atoms with Gasteiger partial charge in [-0.2, -0.15) is 0 Å². The standard InChI is InChI=1S/C20H17NO3S/c22-17(12-18(20(23)24)14-7-3-1-4-8-14)11-16-13-25-19(21-16)15-9-5-2-6-10-15/h1-10,13,18H,11-12H2,(H,23,24)/t18-/m0/s1. The van der Waals surface area contributed by atoms with E-state index in [2.05, 4.69) is 4.98 Å². The summed E-state index contributed by atoms with van der Waals surface area (Å²) >= 11 is 1.49. The Morgan fingerprint density at radius 1 is 1.00 bits per heavy atom. The first kappa shape index (κ1) is 17.0.